The molecule has 0 amide bonds. The summed E-state index contributed by atoms with van der Waals surface area (Å²) in [6, 6.07) is 22.3. The fourth-order valence-corrected chi connectivity index (χ4v) is 3.78. The summed E-state index contributed by atoms with van der Waals surface area (Å²) in [7, 11) is 1.54. The Balaban J connectivity index is 1.86. The van der Waals surface area contributed by atoms with Crippen LogP contribution in [0.25, 0.3) is 0 Å². The monoisotopic (exact) mass is 370 g/mol. The van der Waals surface area contributed by atoms with E-state index in [1.54, 1.807) is 48.5 Å². The van der Waals surface area contributed by atoms with Crippen LogP contribution in [0.4, 0.5) is 0 Å². The van der Waals surface area contributed by atoms with Gasteiger partial charge in [0.2, 0.25) is 0 Å². The van der Waals surface area contributed by atoms with Gasteiger partial charge in [0, 0.05) is 23.1 Å². The summed E-state index contributed by atoms with van der Waals surface area (Å²) in [5, 5.41) is 0. The van der Waals surface area contributed by atoms with Crippen molar-refractivity contribution in [2.45, 2.75) is 6.42 Å². The quantitative estimate of drug-likeness (QED) is 0.499. The number of ether oxygens (including phenoxy) is 1. The largest absolute Gasteiger partial charge is 0.497 e. The zero-order valence-corrected chi connectivity index (χ0v) is 15.3. The van der Waals surface area contributed by atoms with Gasteiger partial charge >= 0.3 is 0 Å². The number of methoxy groups -OCH3 is 1. The van der Waals surface area contributed by atoms with Gasteiger partial charge in [0.25, 0.3) is 0 Å². The second kappa shape index (κ2) is 6.89. The van der Waals surface area contributed by atoms with E-state index in [2.05, 4.69) is 0 Å². The lowest BCUT2D eigenvalue weighted by molar-refractivity contribution is 0.0614. The van der Waals surface area contributed by atoms with Crippen molar-refractivity contribution in [3.8, 4) is 5.75 Å². The van der Waals surface area contributed by atoms with Crippen LogP contribution < -0.4 is 4.74 Å². The zero-order valence-electron chi connectivity index (χ0n) is 15.3. The molecule has 3 aromatic rings. The lowest BCUT2D eigenvalue weighted by atomic mass is 9.71. The summed E-state index contributed by atoms with van der Waals surface area (Å²) in [5.74, 6) is -0.748. The van der Waals surface area contributed by atoms with E-state index in [1.165, 1.54) is 7.11 Å². The fraction of sp³-hybridized carbons (Fsp3) is 0.125. The van der Waals surface area contributed by atoms with Crippen LogP contribution in [-0.4, -0.2) is 24.5 Å². The number of hydrogen-bond acceptors (Lipinski definition) is 4. The molecule has 0 radical (unpaired) electrons. The first kappa shape index (κ1) is 17.9. The van der Waals surface area contributed by atoms with Crippen LogP contribution in [0.5, 0.6) is 5.75 Å². The van der Waals surface area contributed by atoms with Crippen LogP contribution >= 0.6 is 0 Å². The summed E-state index contributed by atoms with van der Waals surface area (Å²) in [6.45, 7) is 0. The second-order valence-electron chi connectivity index (χ2n) is 6.83. The van der Waals surface area contributed by atoms with Gasteiger partial charge in [-0.25, -0.2) is 0 Å². The van der Waals surface area contributed by atoms with Gasteiger partial charge in [0.1, 0.15) is 5.75 Å². The van der Waals surface area contributed by atoms with Crippen molar-refractivity contribution in [1.29, 1.82) is 0 Å². The lowest BCUT2D eigenvalue weighted by Crippen LogP contribution is -2.44. The topological polar surface area (TPSA) is 60.4 Å². The predicted octanol–water partition coefficient (Wildman–Crippen LogP) is 4.19. The number of carbonyl (C=O) groups excluding carboxylic acids is 3. The van der Waals surface area contributed by atoms with Crippen molar-refractivity contribution in [2.24, 2.45) is 5.41 Å². The molecule has 3 aromatic carbocycles. The van der Waals surface area contributed by atoms with Gasteiger partial charge in [0.15, 0.2) is 22.8 Å². The maximum absolute atomic E-state index is 13.6. The van der Waals surface area contributed by atoms with E-state index in [1.807, 2.05) is 30.3 Å². The molecular weight excluding hydrogens is 352 g/mol. The number of benzene rings is 3. The van der Waals surface area contributed by atoms with Gasteiger partial charge in [-0.15, -0.1) is 0 Å². The van der Waals surface area contributed by atoms with Crippen LogP contribution in [0, 0.1) is 5.41 Å². The minimum absolute atomic E-state index is 0.0328. The molecule has 0 fully saturated rings. The summed E-state index contributed by atoms with van der Waals surface area (Å²) < 4.78 is 5.14. The highest BCUT2D eigenvalue weighted by atomic mass is 16.5. The van der Waals surface area contributed by atoms with E-state index in [-0.39, 0.29) is 6.42 Å². The number of hydrogen-bond donors (Lipinski definition) is 0. The minimum atomic E-state index is -1.78. The third-order valence-electron chi connectivity index (χ3n) is 5.24. The van der Waals surface area contributed by atoms with E-state index in [4.69, 9.17) is 4.74 Å². The molecule has 1 aliphatic rings. The van der Waals surface area contributed by atoms with Gasteiger partial charge in [-0.3, -0.25) is 14.4 Å². The number of Topliss-reactive ketones (excluding diaryl/α,β-unsaturated/α-hetero) is 3. The third kappa shape index (κ3) is 2.65. The molecule has 4 rings (SSSR count). The number of ketones is 3. The van der Waals surface area contributed by atoms with Crippen LogP contribution in [0.1, 0.15) is 36.6 Å². The Morgan fingerprint density at radius 2 is 1.32 bits per heavy atom. The number of carbonyl (C=O) groups is 3. The molecule has 0 atom stereocenters. The van der Waals surface area contributed by atoms with E-state index in [9.17, 15) is 14.4 Å². The Morgan fingerprint density at radius 1 is 0.786 bits per heavy atom. The molecule has 0 spiro atoms. The molecule has 0 unspecified atom stereocenters. The van der Waals surface area contributed by atoms with E-state index in [0.29, 0.717) is 22.4 Å². The van der Waals surface area contributed by atoms with Crippen molar-refractivity contribution >= 4 is 17.3 Å². The summed E-state index contributed by atoms with van der Waals surface area (Å²) in [6.07, 6.45) is 0.0328. The van der Waals surface area contributed by atoms with Gasteiger partial charge < -0.3 is 4.74 Å². The van der Waals surface area contributed by atoms with Crippen LogP contribution in [0.15, 0.2) is 78.9 Å². The van der Waals surface area contributed by atoms with E-state index < -0.39 is 22.8 Å². The Morgan fingerprint density at radius 3 is 1.86 bits per heavy atom. The van der Waals surface area contributed by atoms with Crippen LogP contribution in [-0.2, 0) is 6.42 Å². The third-order valence-corrected chi connectivity index (χ3v) is 5.24. The van der Waals surface area contributed by atoms with Gasteiger partial charge in [0.05, 0.1) is 7.11 Å². The van der Waals surface area contributed by atoms with E-state index >= 15 is 0 Å². The van der Waals surface area contributed by atoms with Crippen molar-refractivity contribution < 1.29 is 19.1 Å². The Kier molecular flexibility index (Phi) is 4.40. The smallest absolute Gasteiger partial charge is 0.185 e. The molecule has 1 aliphatic carbocycles. The van der Waals surface area contributed by atoms with Crippen LogP contribution in [0.2, 0.25) is 0 Å². The summed E-state index contributed by atoms with van der Waals surface area (Å²) in [5.41, 5.74) is -0.0831. The second-order valence-corrected chi connectivity index (χ2v) is 6.83. The molecule has 0 aliphatic heterocycles. The maximum atomic E-state index is 13.6. The van der Waals surface area contributed by atoms with Gasteiger partial charge in [-0.05, 0) is 29.8 Å². The van der Waals surface area contributed by atoms with Gasteiger partial charge in [-0.2, -0.15) is 0 Å². The first-order valence-corrected chi connectivity index (χ1v) is 8.99. The maximum Gasteiger partial charge on any atom is 0.185 e. The first-order chi connectivity index (χ1) is 13.6. The molecular formula is C24H18O4. The average Bonchev–Trinajstić information content (AvgIpc) is 2.97. The minimum Gasteiger partial charge on any atom is -0.497 e. The molecule has 138 valence electrons. The predicted molar refractivity (Wildman–Crippen MR) is 105 cm³/mol. The summed E-state index contributed by atoms with van der Waals surface area (Å²) in [4.78, 5) is 40.4. The highest BCUT2D eigenvalue weighted by Gasteiger charge is 2.58. The van der Waals surface area contributed by atoms with Crippen molar-refractivity contribution in [3.63, 3.8) is 0 Å². The molecule has 4 nitrogen and oxygen atoms in total. The first-order valence-electron chi connectivity index (χ1n) is 8.99. The number of rotatable bonds is 5. The van der Waals surface area contributed by atoms with Crippen LogP contribution in [0.3, 0.4) is 0 Å². The zero-order chi connectivity index (χ0) is 19.7. The number of fused-ring (bicyclic) bond motifs is 1. The average molecular weight is 370 g/mol. The Hall–Kier alpha value is -3.53. The molecule has 0 saturated carbocycles. The van der Waals surface area contributed by atoms with Crippen molar-refractivity contribution in [1.82, 2.24) is 0 Å². The fourth-order valence-electron chi connectivity index (χ4n) is 3.78. The normalized spacial score (nSPS) is 14.6. The Labute approximate surface area is 162 Å². The molecule has 0 N–H and O–H groups in total. The highest BCUT2D eigenvalue weighted by Crippen LogP contribution is 2.42. The van der Waals surface area contributed by atoms with Crippen molar-refractivity contribution in [3.05, 3.63) is 101 Å². The molecule has 0 heterocycles. The molecule has 0 bridgehead atoms. The molecule has 0 aromatic heterocycles. The van der Waals surface area contributed by atoms with Crippen molar-refractivity contribution in [2.75, 3.05) is 7.11 Å². The summed E-state index contributed by atoms with van der Waals surface area (Å²) >= 11 is 0. The SMILES string of the molecule is COc1ccc(C(=O)C2(Cc3ccccc3)C(=O)c3ccccc3C2=O)cc1. The Bertz CT molecular complexity index is 1030. The lowest BCUT2D eigenvalue weighted by Gasteiger charge is -2.25. The highest BCUT2D eigenvalue weighted by molar-refractivity contribution is 6.41. The standard InChI is InChI=1S/C24H18O4/c1-28-18-13-11-17(12-14-18)21(25)24(15-16-7-3-2-4-8-16)22(26)19-9-5-6-10-20(19)23(24)27/h2-14H,15H2,1H3. The van der Waals surface area contributed by atoms with Gasteiger partial charge in [-0.1, -0.05) is 54.6 Å². The van der Waals surface area contributed by atoms with E-state index in [0.717, 1.165) is 5.56 Å². The molecule has 4 heteroatoms. The molecule has 0 saturated heterocycles. The molecule has 28 heavy (non-hydrogen) atoms.